The molecule has 3 rings (SSSR count). The first-order valence-electron chi connectivity index (χ1n) is 8.49. The fourth-order valence-electron chi connectivity index (χ4n) is 2.23. The van der Waals surface area contributed by atoms with Gasteiger partial charge in [0.2, 0.25) is 0 Å². The minimum Gasteiger partial charge on any atom is -0.423 e. The van der Waals surface area contributed by atoms with E-state index in [1.807, 2.05) is 30.3 Å². The highest BCUT2D eigenvalue weighted by Gasteiger charge is 2.03. The number of amides is 1. The van der Waals surface area contributed by atoms with Gasteiger partial charge < -0.3 is 4.74 Å². The van der Waals surface area contributed by atoms with Crippen LogP contribution in [-0.2, 0) is 4.79 Å². The van der Waals surface area contributed by atoms with Gasteiger partial charge in [-0.2, -0.15) is 5.10 Å². The number of ether oxygens (including phenoxy) is 1. The van der Waals surface area contributed by atoms with Crippen LogP contribution in [0.15, 0.2) is 90.3 Å². The number of rotatable bonds is 6. The van der Waals surface area contributed by atoms with Crippen molar-refractivity contribution >= 4 is 24.2 Å². The van der Waals surface area contributed by atoms with E-state index in [9.17, 15) is 9.59 Å². The first kappa shape index (κ1) is 18.7. The highest BCUT2D eigenvalue weighted by atomic mass is 16.5. The standard InChI is InChI=1S/C22H17N3O3/c26-21(11-8-17-4-2-1-3-5-17)28-20-9-6-18(7-10-20)16-24-25-22(27)19-12-14-23-15-13-19/h1-16H,(H,25,27)/b11-8+,24-16-. The van der Waals surface area contributed by atoms with Gasteiger partial charge in [-0.3, -0.25) is 9.78 Å². The van der Waals surface area contributed by atoms with Crippen molar-refractivity contribution in [1.29, 1.82) is 0 Å². The molecular formula is C22H17N3O3. The smallest absolute Gasteiger partial charge is 0.336 e. The van der Waals surface area contributed by atoms with E-state index in [2.05, 4.69) is 15.5 Å². The number of benzene rings is 2. The molecule has 0 spiro atoms. The normalized spacial score (nSPS) is 10.9. The van der Waals surface area contributed by atoms with Crippen LogP contribution in [0.1, 0.15) is 21.5 Å². The molecule has 0 aliphatic rings. The zero-order chi connectivity index (χ0) is 19.6. The molecule has 1 N–H and O–H groups in total. The lowest BCUT2D eigenvalue weighted by molar-refractivity contribution is -0.128. The van der Waals surface area contributed by atoms with Crippen molar-refractivity contribution in [3.63, 3.8) is 0 Å². The maximum atomic E-state index is 11.9. The van der Waals surface area contributed by atoms with Gasteiger partial charge in [0, 0.05) is 24.0 Å². The molecule has 138 valence electrons. The van der Waals surface area contributed by atoms with E-state index in [1.54, 1.807) is 42.5 Å². The summed E-state index contributed by atoms with van der Waals surface area (Å²) in [6, 6.07) is 19.4. The molecular weight excluding hydrogens is 354 g/mol. The van der Waals surface area contributed by atoms with E-state index in [1.165, 1.54) is 24.7 Å². The molecule has 0 aliphatic heterocycles. The third-order valence-corrected chi connectivity index (χ3v) is 3.63. The Kier molecular flexibility index (Phi) is 6.41. The maximum absolute atomic E-state index is 11.9. The van der Waals surface area contributed by atoms with Crippen LogP contribution < -0.4 is 10.2 Å². The number of hydrogen-bond donors (Lipinski definition) is 1. The largest absolute Gasteiger partial charge is 0.423 e. The summed E-state index contributed by atoms with van der Waals surface area (Å²) in [4.78, 5) is 27.6. The van der Waals surface area contributed by atoms with Gasteiger partial charge in [0.15, 0.2) is 0 Å². The maximum Gasteiger partial charge on any atom is 0.336 e. The monoisotopic (exact) mass is 371 g/mol. The van der Waals surface area contributed by atoms with Gasteiger partial charge in [-0.05, 0) is 53.6 Å². The predicted molar refractivity (Wildman–Crippen MR) is 107 cm³/mol. The fraction of sp³-hybridized carbons (Fsp3) is 0. The van der Waals surface area contributed by atoms with Gasteiger partial charge in [0.05, 0.1) is 6.21 Å². The number of carbonyl (C=O) groups excluding carboxylic acids is 2. The average Bonchev–Trinajstić information content (AvgIpc) is 2.75. The first-order valence-corrected chi connectivity index (χ1v) is 8.49. The van der Waals surface area contributed by atoms with Gasteiger partial charge in [-0.25, -0.2) is 10.2 Å². The summed E-state index contributed by atoms with van der Waals surface area (Å²) in [5.41, 5.74) is 4.57. The van der Waals surface area contributed by atoms with E-state index in [-0.39, 0.29) is 5.91 Å². The van der Waals surface area contributed by atoms with Crippen molar-refractivity contribution in [2.45, 2.75) is 0 Å². The summed E-state index contributed by atoms with van der Waals surface area (Å²) < 4.78 is 5.25. The quantitative estimate of drug-likeness (QED) is 0.237. The number of nitrogens with one attached hydrogen (secondary N) is 1. The Balaban J connectivity index is 1.51. The number of aromatic nitrogens is 1. The highest BCUT2D eigenvalue weighted by Crippen LogP contribution is 2.12. The minimum atomic E-state index is -0.463. The second kappa shape index (κ2) is 9.59. The average molecular weight is 371 g/mol. The van der Waals surface area contributed by atoms with Gasteiger partial charge in [0.1, 0.15) is 5.75 Å². The second-order valence-corrected chi connectivity index (χ2v) is 5.67. The molecule has 0 radical (unpaired) electrons. The molecule has 0 atom stereocenters. The van der Waals surface area contributed by atoms with Crippen LogP contribution in [0, 0.1) is 0 Å². The lowest BCUT2D eigenvalue weighted by atomic mass is 10.2. The third kappa shape index (κ3) is 5.74. The summed E-state index contributed by atoms with van der Waals surface area (Å²) in [6.45, 7) is 0. The van der Waals surface area contributed by atoms with Gasteiger partial charge in [-0.15, -0.1) is 0 Å². The van der Waals surface area contributed by atoms with Crippen molar-refractivity contribution in [3.8, 4) is 5.75 Å². The van der Waals surface area contributed by atoms with Gasteiger partial charge >= 0.3 is 5.97 Å². The molecule has 0 saturated heterocycles. The van der Waals surface area contributed by atoms with Crippen molar-refractivity contribution < 1.29 is 14.3 Å². The predicted octanol–water partition coefficient (Wildman–Crippen LogP) is 3.46. The van der Waals surface area contributed by atoms with Crippen LogP contribution in [0.2, 0.25) is 0 Å². The summed E-state index contributed by atoms with van der Waals surface area (Å²) in [5.74, 6) is -0.370. The Bertz CT molecular complexity index is 983. The molecule has 1 aromatic heterocycles. The zero-order valence-electron chi connectivity index (χ0n) is 14.9. The van der Waals surface area contributed by atoms with Crippen LogP contribution in [-0.4, -0.2) is 23.1 Å². The Labute approximate surface area is 162 Å². The number of esters is 1. The summed E-state index contributed by atoms with van der Waals surface area (Å²) in [6.07, 6.45) is 7.63. The number of carbonyl (C=O) groups is 2. The Morgan fingerprint density at radius 3 is 2.32 bits per heavy atom. The number of nitrogens with zero attached hydrogens (tertiary/aromatic N) is 2. The molecule has 6 heteroatoms. The molecule has 0 fully saturated rings. The Hall–Kier alpha value is -4.06. The molecule has 0 aliphatic carbocycles. The van der Waals surface area contributed by atoms with Crippen LogP contribution in [0.5, 0.6) is 5.75 Å². The second-order valence-electron chi connectivity index (χ2n) is 5.67. The Morgan fingerprint density at radius 1 is 0.893 bits per heavy atom. The van der Waals surface area contributed by atoms with E-state index >= 15 is 0 Å². The zero-order valence-corrected chi connectivity index (χ0v) is 14.9. The van der Waals surface area contributed by atoms with Crippen LogP contribution in [0.25, 0.3) is 6.08 Å². The fourth-order valence-corrected chi connectivity index (χ4v) is 2.23. The lowest BCUT2D eigenvalue weighted by Crippen LogP contribution is -2.17. The van der Waals surface area contributed by atoms with E-state index in [0.717, 1.165) is 11.1 Å². The van der Waals surface area contributed by atoms with Crippen molar-refractivity contribution in [1.82, 2.24) is 10.4 Å². The molecule has 0 saturated carbocycles. The minimum absolute atomic E-state index is 0.325. The van der Waals surface area contributed by atoms with Crippen LogP contribution >= 0.6 is 0 Å². The molecule has 0 unspecified atom stereocenters. The SMILES string of the molecule is O=C(/C=C/c1ccccc1)Oc1ccc(/C=N\NC(=O)c2ccncc2)cc1. The van der Waals surface area contributed by atoms with E-state index < -0.39 is 5.97 Å². The molecule has 1 amide bonds. The van der Waals surface area contributed by atoms with Crippen molar-refractivity contribution in [2.75, 3.05) is 0 Å². The molecule has 0 bridgehead atoms. The van der Waals surface area contributed by atoms with Crippen LogP contribution in [0.3, 0.4) is 0 Å². The number of pyridine rings is 1. The van der Waals surface area contributed by atoms with E-state index in [4.69, 9.17) is 4.74 Å². The van der Waals surface area contributed by atoms with Crippen molar-refractivity contribution in [3.05, 3.63) is 102 Å². The third-order valence-electron chi connectivity index (χ3n) is 3.63. The van der Waals surface area contributed by atoms with Gasteiger partial charge in [-0.1, -0.05) is 30.3 Å². The number of hydrogen-bond acceptors (Lipinski definition) is 5. The molecule has 2 aromatic carbocycles. The topological polar surface area (TPSA) is 80.6 Å². The first-order chi connectivity index (χ1) is 13.7. The number of hydrazone groups is 1. The Morgan fingerprint density at radius 2 is 1.61 bits per heavy atom. The molecule has 1 heterocycles. The lowest BCUT2D eigenvalue weighted by Gasteiger charge is -2.02. The molecule has 3 aromatic rings. The van der Waals surface area contributed by atoms with Crippen LogP contribution in [0.4, 0.5) is 0 Å². The van der Waals surface area contributed by atoms with E-state index in [0.29, 0.717) is 11.3 Å². The summed E-state index contributed by atoms with van der Waals surface area (Å²) in [5, 5.41) is 3.91. The summed E-state index contributed by atoms with van der Waals surface area (Å²) >= 11 is 0. The molecule has 28 heavy (non-hydrogen) atoms. The highest BCUT2D eigenvalue weighted by molar-refractivity contribution is 5.94. The van der Waals surface area contributed by atoms with Gasteiger partial charge in [0.25, 0.3) is 5.91 Å². The van der Waals surface area contributed by atoms with Crippen molar-refractivity contribution in [2.24, 2.45) is 5.10 Å². The molecule has 6 nitrogen and oxygen atoms in total. The summed E-state index contributed by atoms with van der Waals surface area (Å²) in [7, 11) is 0.